The van der Waals surface area contributed by atoms with Crippen LogP contribution in [0, 0.1) is 13.8 Å². The van der Waals surface area contributed by atoms with Crippen LogP contribution in [0.4, 0.5) is 5.69 Å². The minimum atomic E-state index is -4.02. The van der Waals surface area contributed by atoms with Crippen molar-refractivity contribution in [3.63, 3.8) is 0 Å². The van der Waals surface area contributed by atoms with Crippen LogP contribution in [0.5, 0.6) is 0 Å². The Kier molecular flexibility index (Phi) is 8.19. The summed E-state index contributed by atoms with van der Waals surface area (Å²) in [7, 11) is -7.69. The highest BCUT2D eigenvalue weighted by Crippen LogP contribution is 2.24. The third-order valence-electron chi connectivity index (χ3n) is 6.18. The average molecular weight is 565 g/mol. The molecule has 4 aromatic carbocycles. The summed E-state index contributed by atoms with van der Waals surface area (Å²) in [4.78, 5) is 0.180. The molecule has 0 fully saturated rings. The molecule has 0 atom stereocenters. The Morgan fingerprint density at radius 2 is 1.33 bits per heavy atom. The van der Waals surface area contributed by atoms with E-state index in [9.17, 15) is 16.8 Å². The maximum atomic E-state index is 12.9. The number of fused-ring (bicyclic) bond motifs is 1. The molecule has 0 spiro atoms. The number of hydrogen-bond donors (Lipinski definition) is 2. The van der Waals surface area contributed by atoms with E-state index < -0.39 is 20.1 Å². The summed E-state index contributed by atoms with van der Waals surface area (Å²) >= 11 is 0. The van der Waals surface area contributed by atoms with Crippen LogP contribution in [0.15, 0.2) is 113 Å². The molecule has 0 radical (unpaired) electrons. The minimum Gasteiger partial charge on any atom is -0.282 e. The van der Waals surface area contributed by atoms with Gasteiger partial charge in [0.2, 0.25) is 0 Å². The molecule has 0 bridgehead atoms. The second-order valence-corrected chi connectivity index (χ2v) is 12.0. The number of hydrogen-bond acceptors (Lipinski definition) is 4. The van der Waals surface area contributed by atoms with Gasteiger partial charge in [0.25, 0.3) is 26.0 Å². The minimum absolute atomic E-state index is 0.0666. The number of para-hydroxylation sites is 2. The third-order valence-corrected chi connectivity index (χ3v) is 8.43. The Morgan fingerprint density at radius 1 is 0.769 bits per heavy atom. The zero-order valence-corrected chi connectivity index (χ0v) is 23.4. The Labute approximate surface area is 229 Å². The van der Waals surface area contributed by atoms with Crippen molar-refractivity contribution in [3.05, 3.63) is 115 Å². The van der Waals surface area contributed by atoms with E-state index in [1.807, 2.05) is 56.3 Å². The van der Waals surface area contributed by atoms with Crippen molar-refractivity contribution in [2.24, 2.45) is 0 Å². The van der Waals surface area contributed by atoms with Crippen molar-refractivity contribution in [2.45, 2.75) is 37.1 Å². The fraction of sp³-hybridized carbons (Fsp3) is 0.138. The molecule has 0 saturated heterocycles. The van der Waals surface area contributed by atoms with Crippen LogP contribution in [0.25, 0.3) is 16.7 Å². The van der Waals surface area contributed by atoms with E-state index in [2.05, 4.69) is 20.8 Å². The van der Waals surface area contributed by atoms with Gasteiger partial charge in [-0.2, -0.15) is 13.0 Å². The predicted molar refractivity (Wildman–Crippen MR) is 152 cm³/mol. The second kappa shape index (κ2) is 11.4. The van der Waals surface area contributed by atoms with Crippen LogP contribution >= 0.6 is 0 Å². The lowest BCUT2D eigenvalue weighted by atomic mass is 10.2. The van der Waals surface area contributed by atoms with Crippen molar-refractivity contribution in [1.82, 2.24) is 4.57 Å². The Morgan fingerprint density at radius 3 is 1.90 bits per heavy atom. The van der Waals surface area contributed by atoms with Gasteiger partial charge in [0, 0.05) is 18.7 Å². The normalized spacial score (nSPS) is 11.6. The molecule has 10 heteroatoms. The summed E-state index contributed by atoms with van der Waals surface area (Å²) in [6.07, 6.45) is 0. The van der Waals surface area contributed by atoms with E-state index in [4.69, 9.17) is 4.55 Å². The fourth-order valence-electron chi connectivity index (χ4n) is 4.28. The molecule has 39 heavy (non-hydrogen) atoms. The lowest BCUT2D eigenvalue weighted by Gasteiger charge is -2.07. The maximum absolute atomic E-state index is 12.9. The smallest absolute Gasteiger partial charge is 0.282 e. The summed E-state index contributed by atoms with van der Waals surface area (Å²) in [5, 5.41) is 0. The van der Waals surface area contributed by atoms with Crippen LogP contribution in [-0.4, -0.2) is 26.0 Å². The van der Waals surface area contributed by atoms with Gasteiger partial charge in [-0.15, -0.1) is 0 Å². The molecule has 1 aromatic heterocycles. The molecule has 0 aliphatic rings. The molecular weight excluding hydrogens is 534 g/mol. The molecule has 8 nitrogen and oxygen atoms in total. The summed E-state index contributed by atoms with van der Waals surface area (Å²) in [6, 6.07) is 30.3. The van der Waals surface area contributed by atoms with Gasteiger partial charge in [0.1, 0.15) is 5.69 Å². The Bertz CT molecular complexity index is 1800. The second-order valence-electron chi connectivity index (χ2n) is 8.87. The van der Waals surface area contributed by atoms with Gasteiger partial charge >= 0.3 is 0 Å². The lowest BCUT2D eigenvalue weighted by Crippen LogP contribution is -2.35. The zero-order valence-electron chi connectivity index (χ0n) is 21.8. The van der Waals surface area contributed by atoms with Crippen molar-refractivity contribution in [2.75, 3.05) is 4.72 Å². The first kappa shape index (κ1) is 28.0. The van der Waals surface area contributed by atoms with E-state index in [0.717, 1.165) is 34.7 Å². The van der Waals surface area contributed by atoms with Gasteiger partial charge < -0.3 is 0 Å². The number of rotatable bonds is 6. The molecule has 202 valence electrons. The molecule has 0 aliphatic heterocycles. The molecule has 0 aliphatic carbocycles. The molecule has 5 aromatic rings. The number of nitrogens with zero attached hydrogens (tertiary/aromatic N) is 2. The first-order chi connectivity index (χ1) is 18.5. The zero-order chi connectivity index (χ0) is 28.2. The number of sulfonamides is 1. The van der Waals surface area contributed by atoms with Crippen LogP contribution in [0.1, 0.15) is 18.3 Å². The standard InChI is InChI=1S/C22H22N3O2S.C7H8O3S/c1-3-24-17(2)25(19-12-8-5-9-13-19)21-15-14-20(16-22(21)24)28(26,27)23-18-10-6-4-7-11-18;1-6-2-4-7(5-3-6)11(8,9)10/h4-16,23H,3H2,1-2H3;2-5H,1H3,(H,8,9,10)/q+1;. The number of nitrogens with one attached hydrogen (secondary N) is 1. The Balaban J connectivity index is 0.000000270. The molecule has 2 N–H and O–H groups in total. The number of imidazole rings is 1. The fourth-order valence-corrected chi connectivity index (χ4v) is 5.84. The van der Waals surface area contributed by atoms with E-state index in [1.165, 1.54) is 12.1 Å². The van der Waals surface area contributed by atoms with Crippen LogP contribution in [-0.2, 0) is 26.7 Å². The SMILES string of the molecule is CC[n+]1c(C)n(-c2ccccc2)c2ccc(S(=O)(=O)Nc3ccccc3)cc21.Cc1ccc(S(=O)(=O)O)cc1. The van der Waals surface area contributed by atoms with Crippen molar-refractivity contribution in [1.29, 1.82) is 0 Å². The number of aryl methyl sites for hydroxylation is 2. The van der Waals surface area contributed by atoms with Gasteiger partial charge in [-0.1, -0.05) is 54.1 Å². The molecule has 1 heterocycles. The van der Waals surface area contributed by atoms with Gasteiger partial charge in [-0.05, 0) is 62.4 Å². The van der Waals surface area contributed by atoms with E-state index in [-0.39, 0.29) is 9.79 Å². The van der Waals surface area contributed by atoms with E-state index in [0.29, 0.717) is 5.69 Å². The molecule has 0 amide bonds. The monoisotopic (exact) mass is 564 g/mol. The Hall–Kier alpha value is -3.99. The first-order valence-corrected chi connectivity index (χ1v) is 15.2. The highest BCUT2D eigenvalue weighted by atomic mass is 32.2. The highest BCUT2D eigenvalue weighted by molar-refractivity contribution is 7.92. The summed E-state index contributed by atoms with van der Waals surface area (Å²) in [5.41, 5.74) is 4.42. The highest BCUT2D eigenvalue weighted by Gasteiger charge is 2.25. The summed E-state index contributed by atoms with van der Waals surface area (Å²) in [5.74, 6) is 1.05. The number of anilines is 1. The summed E-state index contributed by atoms with van der Waals surface area (Å²) in [6.45, 7) is 6.70. The quantitative estimate of drug-likeness (QED) is 0.215. The van der Waals surface area contributed by atoms with Crippen LogP contribution in [0.2, 0.25) is 0 Å². The van der Waals surface area contributed by atoms with Crippen molar-refractivity contribution in [3.8, 4) is 5.69 Å². The summed E-state index contributed by atoms with van der Waals surface area (Å²) < 4.78 is 62.2. The van der Waals surface area contributed by atoms with Crippen LogP contribution < -0.4 is 9.29 Å². The van der Waals surface area contributed by atoms with E-state index >= 15 is 0 Å². The molecule has 5 rings (SSSR count). The van der Waals surface area contributed by atoms with Crippen LogP contribution in [0.3, 0.4) is 0 Å². The number of benzene rings is 4. The van der Waals surface area contributed by atoms with Crippen molar-refractivity contribution >= 4 is 36.9 Å². The number of aromatic nitrogens is 2. The van der Waals surface area contributed by atoms with Crippen molar-refractivity contribution < 1.29 is 26.0 Å². The maximum Gasteiger partial charge on any atom is 0.294 e. The first-order valence-electron chi connectivity index (χ1n) is 12.2. The predicted octanol–water partition coefficient (Wildman–Crippen LogP) is 5.29. The van der Waals surface area contributed by atoms with E-state index in [1.54, 1.807) is 48.5 Å². The molecule has 0 saturated carbocycles. The average Bonchev–Trinajstić information content (AvgIpc) is 3.19. The lowest BCUT2D eigenvalue weighted by molar-refractivity contribution is -0.674. The van der Waals surface area contributed by atoms with Gasteiger partial charge in [-0.25, -0.2) is 13.0 Å². The third kappa shape index (κ3) is 6.36. The largest absolute Gasteiger partial charge is 0.294 e. The molecular formula is C29H30N3O5S2+. The topological polar surface area (TPSA) is 109 Å². The van der Waals surface area contributed by atoms with Gasteiger partial charge in [0.15, 0.2) is 11.0 Å². The van der Waals surface area contributed by atoms with Gasteiger partial charge in [0.05, 0.1) is 16.3 Å². The molecule has 0 unspecified atom stereocenters. The van der Waals surface area contributed by atoms with Gasteiger partial charge in [-0.3, -0.25) is 9.27 Å².